The van der Waals surface area contributed by atoms with Crippen LogP contribution in [0.25, 0.3) is 0 Å². The molecule has 2 aliphatic rings. The number of hydrogen-bond acceptors (Lipinski definition) is 4. The van der Waals surface area contributed by atoms with Crippen LogP contribution in [0.5, 0.6) is 0 Å². The van der Waals surface area contributed by atoms with Crippen molar-refractivity contribution in [2.75, 3.05) is 5.75 Å². The lowest BCUT2D eigenvalue weighted by atomic mass is 10.0. The Bertz CT molecular complexity index is 407. The molecule has 0 radical (unpaired) electrons. The summed E-state index contributed by atoms with van der Waals surface area (Å²) in [7, 11) is 0. The first-order valence-corrected chi connectivity index (χ1v) is 10.2. The largest absolute Gasteiger partial charge is 0.461 e. The molecule has 0 N–H and O–H groups in total. The number of hydrogen-bond donors (Lipinski definition) is 0. The van der Waals surface area contributed by atoms with E-state index in [-0.39, 0.29) is 23.4 Å². The SMILES string of the molecule is CCCC1SCC(C(=O)OC(C)C)N1C(=O)CCC1CCCC1. The molecule has 0 aromatic carbocycles. The van der Waals surface area contributed by atoms with Crippen molar-refractivity contribution in [3.05, 3.63) is 0 Å². The van der Waals surface area contributed by atoms with Gasteiger partial charge in [0.15, 0.2) is 0 Å². The number of esters is 1. The first-order chi connectivity index (χ1) is 11.0. The zero-order valence-corrected chi connectivity index (χ0v) is 15.6. The Kier molecular flexibility index (Phi) is 7.25. The number of thioether (sulfide) groups is 1. The number of ether oxygens (including phenoxy) is 1. The summed E-state index contributed by atoms with van der Waals surface area (Å²) in [5, 5.41) is 0.140. The molecule has 1 aliphatic heterocycles. The maximum Gasteiger partial charge on any atom is 0.330 e. The van der Waals surface area contributed by atoms with Gasteiger partial charge in [-0.25, -0.2) is 4.79 Å². The average molecular weight is 342 g/mol. The zero-order valence-electron chi connectivity index (χ0n) is 14.8. The summed E-state index contributed by atoms with van der Waals surface area (Å²) in [5.74, 6) is 1.29. The van der Waals surface area contributed by atoms with E-state index in [0.29, 0.717) is 18.1 Å². The molecule has 0 bridgehead atoms. The minimum absolute atomic E-state index is 0.131. The number of rotatable bonds is 7. The summed E-state index contributed by atoms with van der Waals surface area (Å²) in [5.41, 5.74) is 0. The molecule has 2 fully saturated rings. The molecule has 4 nitrogen and oxygen atoms in total. The number of carbonyl (C=O) groups is 2. The van der Waals surface area contributed by atoms with Crippen LogP contribution in [-0.4, -0.2) is 40.0 Å². The topological polar surface area (TPSA) is 46.6 Å². The first kappa shape index (κ1) is 18.6. The second kappa shape index (κ2) is 8.95. The summed E-state index contributed by atoms with van der Waals surface area (Å²) < 4.78 is 5.37. The summed E-state index contributed by atoms with van der Waals surface area (Å²) in [4.78, 5) is 27.0. The Balaban J connectivity index is 1.97. The third kappa shape index (κ3) is 5.13. The van der Waals surface area contributed by atoms with E-state index in [2.05, 4.69) is 6.92 Å². The third-order valence-corrected chi connectivity index (χ3v) is 6.14. The molecule has 1 saturated carbocycles. The highest BCUT2D eigenvalue weighted by atomic mass is 32.2. The van der Waals surface area contributed by atoms with Crippen molar-refractivity contribution in [3.63, 3.8) is 0 Å². The van der Waals surface area contributed by atoms with Gasteiger partial charge in [0, 0.05) is 12.2 Å². The Morgan fingerprint density at radius 3 is 2.52 bits per heavy atom. The molecular formula is C18H31NO3S. The van der Waals surface area contributed by atoms with Gasteiger partial charge in [-0.05, 0) is 32.6 Å². The number of nitrogens with zero attached hydrogens (tertiary/aromatic N) is 1. The van der Waals surface area contributed by atoms with E-state index in [0.717, 1.165) is 19.3 Å². The van der Waals surface area contributed by atoms with Crippen molar-refractivity contribution in [2.45, 2.75) is 89.7 Å². The maximum atomic E-state index is 12.8. The van der Waals surface area contributed by atoms with Gasteiger partial charge in [-0.1, -0.05) is 39.0 Å². The minimum Gasteiger partial charge on any atom is -0.461 e. The van der Waals surface area contributed by atoms with Gasteiger partial charge in [-0.2, -0.15) is 0 Å². The van der Waals surface area contributed by atoms with E-state index in [4.69, 9.17) is 4.74 Å². The van der Waals surface area contributed by atoms with Crippen molar-refractivity contribution in [3.8, 4) is 0 Å². The van der Waals surface area contributed by atoms with Gasteiger partial charge >= 0.3 is 5.97 Å². The van der Waals surface area contributed by atoms with E-state index in [1.807, 2.05) is 18.7 Å². The fraction of sp³-hybridized carbons (Fsp3) is 0.889. The van der Waals surface area contributed by atoms with Gasteiger partial charge in [0.05, 0.1) is 11.5 Å². The summed E-state index contributed by atoms with van der Waals surface area (Å²) in [6, 6.07) is -0.393. The first-order valence-electron chi connectivity index (χ1n) is 9.16. The van der Waals surface area contributed by atoms with Crippen LogP contribution in [0.1, 0.15) is 72.1 Å². The Hall–Kier alpha value is -0.710. The Morgan fingerprint density at radius 1 is 1.22 bits per heavy atom. The van der Waals surface area contributed by atoms with Crippen molar-refractivity contribution >= 4 is 23.6 Å². The van der Waals surface area contributed by atoms with Gasteiger partial charge < -0.3 is 9.64 Å². The lowest BCUT2D eigenvalue weighted by molar-refractivity contribution is -0.157. The third-order valence-electron chi connectivity index (χ3n) is 4.78. The molecule has 2 unspecified atom stereocenters. The highest BCUT2D eigenvalue weighted by Crippen LogP contribution is 2.35. The molecule has 2 atom stereocenters. The number of carbonyl (C=O) groups excluding carboxylic acids is 2. The Labute approximate surface area is 144 Å². The molecule has 1 saturated heterocycles. The van der Waals surface area contributed by atoms with Gasteiger partial charge in [0.1, 0.15) is 6.04 Å². The molecule has 23 heavy (non-hydrogen) atoms. The molecule has 0 spiro atoms. The van der Waals surface area contributed by atoms with Crippen LogP contribution in [0.15, 0.2) is 0 Å². The molecule has 2 rings (SSSR count). The average Bonchev–Trinajstić information content (AvgIpc) is 3.13. The predicted octanol–water partition coefficient (Wildman–Crippen LogP) is 3.98. The van der Waals surface area contributed by atoms with Crippen LogP contribution in [0.3, 0.4) is 0 Å². The van der Waals surface area contributed by atoms with E-state index >= 15 is 0 Å². The maximum absolute atomic E-state index is 12.8. The quantitative estimate of drug-likeness (QED) is 0.657. The second-order valence-electron chi connectivity index (χ2n) is 7.07. The van der Waals surface area contributed by atoms with Crippen LogP contribution in [0.2, 0.25) is 0 Å². The van der Waals surface area contributed by atoms with E-state index in [1.54, 1.807) is 11.8 Å². The van der Waals surface area contributed by atoms with Gasteiger partial charge in [-0.3, -0.25) is 4.79 Å². The van der Waals surface area contributed by atoms with Crippen molar-refractivity contribution in [1.82, 2.24) is 4.90 Å². The van der Waals surface area contributed by atoms with Crippen molar-refractivity contribution < 1.29 is 14.3 Å². The fourth-order valence-electron chi connectivity index (χ4n) is 3.62. The molecule has 0 aromatic heterocycles. The molecule has 5 heteroatoms. The number of amides is 1. The molecular weight excluding hydrogens is 310 g/mol. The lowest BCUT2D eigenvalue weighted by Crippen LogP contribution is -2.46. The molecule has 0 aromatic rings. The van der Waals surface area contributed by atoms with E-state index in [1.165, 1.54) is 25.7 Å². The van der Waals surface area contributed by atoms with E-state index < -0.39 is 6.04 Å². The smallest absolute Gasteiger partial charge is 0.330 e. The lowest BCUT2D eigenvalue weighted by Gasteiger charge is -2.29. The van der Waals surface area contributed by atoms with E-state index in [9.17, 15) is 9.59 Å². The summed E-state index contributed by atoms with van der Waals surface area (Å²) in [6.45, 7) is 5.84. The van der Waals surface area contributed by atoms with Gasteiger partial charge in [0.25, 0.3) is 0 Å². The fourth-order valence-corrected chi connectivity index (χ4v) is 5.14. The standard InChI is InChI=1S/C18H31NO3S/c1-4-7-17-19(15(12-23-17)18(21)22-13(2)3)16(20)11-10-14-8-5-6-9-14/h13-15,17H,4-12H2,1-3H3. The normalized spacial score (nSPS) is 25.3. The van der Waals surface area contributed by atoms with Crippen molar-refractivity contribution in [1.29, 1.82) is 0 Å². The van der Waals surface area contributed by atoms with Gasteiger partial charge in [0.2, 0.25) is 5.91 Å². The Morgan fingerprint density at radius 2 is 1.91 bits per heavy atom. The molecule has 1 aliphatic carbocycles. The summed E-state index contributed by atoms with van der Waals surface area (Å²) >= 11 is 1.73. The van der Waals surface area contributed by atoms with Crippen molar-refractivity contribution in [2.24, 2.45) is 5.92 Å². The highest BCUT2D eigenvalue weighted by molar-refractivity contribution is 8.00. The molecule has 1 amide bonds. The molecule has 132 valence electrons. The van der Waals surface area contributed by atoms with Gasteiger partial charge in [-0.15, -0.1) is 11.8 Å². The second-order valence-corrected chi connectivity index (χ2v) is 8.28. The van der Waals surface area contributed by atoms with Crippen LogP contribution < -0.4 is 0 Å². The van der Waals surface area contributed by atoms with Crippen LogP contribution in [-0.2, 0) is 14.3 Å². The van der Waals surface area contributed by atoms with Crippen LogP contribution in [0, 0.1) is 5.92 Å². The highest BCUT2D eigenvalue weighted by Gasteiger charge is 2.42. The van der Waals surface area contributed by atoms with Crippen LogP contribution >= 0.6 is 11.8 Å². The predicted molar refractivity (Wildman–Crippen MR) is 94.2 cm³/mol. The monoisotopic (exact) mass is 341 g/mol. The van der Waals surface area contributed by atoms with Crippen LogP contribution in [0.4, 0.5) is 0 Å². The summed E-state index contributed by atoms with van der Waals surface area (Å²) in [6.07, 6.45) is 8.54. The minimum atomic E-state index is -0.393. The zero-order chi connectivity index (χ0) is 16.8. The molecule has 1 heterocycles.